The number of allylic oxidation sites excluding steroid dienone is 6. The van der Waals surface area contributed by atoms with Crippen molar-refractivity contribution >= 4 is 29.4 Å². The molecule has 0 unspecified atom stereocenters. The van der Waals surface area contributed by atoms with E-state index in [1.807, 2.05) is 51.4 Å². The summed E-state index contributed by atoms with van der Waals surface area (Å²) in [4.78, 5) is 43.1. The number of carbonyl (C=O) groups excluding carboxylic acids is 3. The summed E-state index contributed by atoms with van der Waals surface area (Å²) in [6.45, 7) is 13.8. The molecule has 2 N–H and O–H groups in total. The zero-order valence-electron chi connectivity index (χ0n) is 27.4. The molecule has 242 valence electrons. The molecule has 1 amide bonds. The summed E-state index contributed by atoms with van der Waals surface area (Å²) < 4.78 is 16.9. The number of ether oxygens (including phenoxy) is 3. The fourth-order valence-electron chi connectivity index (χ4n) is 4.32. The average Bonchev–Trinajstić information content (AvgIpc) is 3.35. The molecule has 2 rings (SSSR count). The van der Waals surface area contributed by atoms with Gasteiger partial charge in [-0.05, 0) is 80.9 Å². The summed E-state index contributed by atoms with van der Waals surface area (Å²) in [6.07, 6.45) is 13.8. The van der Waals surface area contributed by atoms with Gasteiger partial charge in [-0.15, -0.1) is 11.3 Å². The number of amides is 1. The van der Waals surface area contributed by atoms with Gasteiger partial charge >= 0.3 is 18.0 Å². The monoisotopic (exact) mass is 627 g/mol. The fraction of sp³-hybridized carbons (Fsp3) is 0.529. The van der Waals surface area contributed by atoms with Crippen LogP contribution in [0.5, 0.6) is 0 Å². The van der Waals surface area contributed by atoms with Crippen LogP contribution < -0.4 is 10.6 Å². The van der Waals surface area contributed by atoms with Crippen LogP contribution in [-0.4, -0.2) is 60.5 Å². The zero-order valence-corrected chi connectivity index (χ0v) is 28.2. The number of fused-ring (bicyclic) bond motifs is 2. The first kappa shape index (κ1) is 36.7. The lowest BCUT2D eigenvalue weighted by Crippen LogP contribution is -2.45. The van der Waals surface area contributed by atoms with E-state index >= 15 is 0 Å². The van der Waals surface area contributed by atoms with E-state index < -0.39 is 41.9 Å². The number of likely N-dealkylation sites (N-methyl/N-ethyl adjacent to an activating group) is 1. The number of nitrogens with one attached hydrogen (secondary N) is 2. The molecule has 9 nitrogen and oxygen atoms in total. The fourth-order valence-corrected chi connectivity index (χ4v) is 5.19. The largest absolute Gasteiger partial charge is 0.461 e. The Morgan fingerprint density at radius 1 is 1.16 bits per heavy atom. The van der Waals surface area contributed by atoms with Gasteiger partial charge in [0.15, 0.2) is 0 Å². The summed E-state index contributed by atoms with van der Waals surface area (Å²) >= 11 is 1.50. The Labute approximate surface area is 266 Å². The van der Waals surface area contributed by atoms with E-state index in [9.17, 15) is 14.4 Å². The lowest BCUT2D eigenvalue weighted by atomic mass is 10.1. The highest BCUT2D eigenvalue weighted by Crippen LogP contribution is 2.19. The summed E-state index contributed by atoms with van der Waals surface area (Å²) in [5.41, 5.74) is 3.19. The van der Waals surface area contributed by atoms with Crippen LogP contribution >= 0.6 is 11.3 Å². The molecule has 2 bridgehead atoms. The molecule has 3 atom stereocenters. The second-order valence-electron chi connectivity index (χ2n) is 12.1. The van der Waals surface area contributed by atoms with Crippen LogP contribution in [0.3, 0.4) is 0 Å². The van der Waals surface area contributed by atoms with Gasteiger partial charge in [0.2, 0.25) is 0 Å². The van der Waals surface area contributed by atoms with Crippen LogP contribution in [0.4, 0.5) is 4.79 Å². The first-order chi connectivity index (χ1) is 20.7. The first-order valence-corrected chi connectivity index (χ1v) is 16.0. The molecule has 0 aromatic carbocycles. The van der Waals surface area contributed by atoms with E-state index in [-0.39, 0.29) is 0 Å². The number of alkyl carbamates (subject to hydrolysis) is 1. The van der Waals surface area contributed by atoms with Crippen LogP contribution in [0.2, 0.25) is 0 Å². The third-order valence-corrected chi connectivity index (χ3v) is 7.29. The number of esters is 2. The Balaban J connectivity index is 2.30. The first-order valence-electron chi connectivity index (χ1n) is 15.1. The number of aromatic nitrogens is 1. The molecule has 1 aliphatic rings. The summed E-state index contributed by atoms with van der Waals surface area (Å²) in [6, 6.07) is -0.857. The van der Waals surface area contributed by atoms with Crippen molar-refractivity contribution in [2.45, 2.75) is 104 Å². The standard InChI is InChI=1S/C34H49N3O6S/c1-23(17-18-35-8)15-16-25(3)20-28-21-30-36-27(22-44-30)12-10-13-29(37-33(40)43-34(5,6)7)32(39)41-26(4)19-24(2)11-9-14-31(38)42-28/h9,11,14-17,20,22,26,28-29,35H,10,12-13,18-19,21H2,1-8H3,(H,37,40)/b14-9-,16-15+,23-17+,24-11+,25-20+/t26-,28+,29-/m0/s1. The second kappa shape index (κ2) is 18.3. The average molecular weight is 628 g/mol. The molecule has 0 fully saturated rings. The van der Waals surface area contributed by atoms with E-state index in [0.717, 1.165) is 34.0 Å². The van der Waals surface area contributed by atoms with Crippen LogP contribution in [0, 0.1) is 0 Å². The minimum absolute atomic E-state index is 0.367. The predicted octanol–water partition coefficient (Wildman–Crippen LogP) is 6.32. The number of rotatable bonds is 6. The highest BCUT2D eigenvalue weighted by molar-refractivity contribution is 7.09. The summed E-state index contributed by atoms with van der Waals surface area (Å²) in [5.74, 6) is -0.971. The number of hydrogen-bond acceptors (Lipinski definition) is 9. The summed E-state index contributed by atoms with van der Waals surface area (Å²) in [7, 11) is 1.90. The highest BCUT2D eigenvalue weighted by atomic mass is 32.1. The van der Waals surface area contributed by atoms with Gasteiger partial charge in [0, 0.05) is 30.8 Å². The molecule has 0 radical (unpaired) electrons. The number of hydrogen-bond donors (Lipinski definition) is 2. The van der Waals surface area contributed by atoms with Crippen molar-refractivity contribution in [2.24, 2.45) is 0 Å². The van der Waals surface area contributed by atoms with Crippen LogP contribution in [-0.2, 0) is 36.6 Å². The van der Waals surface area contributed by atoms with Gasteiger partial charge < -0.3 is 24.8 Å². The number of nitrogens with zero attached hydrogens (tertiary/aromatic N) is 1. The van der Waals surface area contributed by atoms with Gasteiger partial charge in [-0.3, -0.25) is 0 Å². The van der Waals surface area contributed by atoms with Crippen molar-refractivity contribution in [1.29, 1.82) is 0 Å². The second-order valence-corrected chi connectivity index (χ2v) is 13.0. The third kappa shape index (κ3) is 15.3. The van der Waals surface area contributed by atoms with E-state index in [1.54, 1.807) is 39.8 Å². The smallest absolute Gasteiger partial charge is 0.408 e. The molecular formula is C34H49N3O6S. The maximum atomic E-state index is 13.1. The van der Waals surface area contributed by atoms with E-state index in [2.05, 4.69) is 16.7 Å². The van der Waals surface area contributed by atoms with E-state index in [4.69, 9.17) is 19.2 Å². The quantitative estimate of drug-likeness (QED) is 0.214. The van der Waals surface area contributed by atoms with Crippen LogP contribution in [0.15, 0.2) is 64.6 Å². The number of carbonyl (C=O) groups is 3. The minimum Gasteiger partial charge on any atom is -0.461 e. The lowest BCUT2D eigenvalue weighted by molar-refractivity contribution is -0.151. The van der Waals surface area contributed by atoms with Crippen molar-refractivity contribution in [3.05, 3.63) is 75.3 Å². The van der Waals surface area contributed by atoms with Crippen molar-refractivity contribution in [2.75, 3.05) is 13.6 Å². The Morgan fingerprint density at radius 3 is 2.59 bits per heavy atom. The normalized spacial score (nSPS) is 23.8. The van der Waals surface area contributed by atoms with E-state index in [0.29, 0.717) is 32.1 Å². The molecule has 1 aliphatic heterocycles. The summed E-state index contributed by atoms with van der Waals surface area (Å²) in [5, 5.41) is 8.60. The zero-order chi connectivity index (χ0) is 32.7. The minimum atomic E-state index is -0.857. The Hall–Kier alpha value is -3.50. The molecular weight excluding hydrogens is 578 g/mol. The van der Waals surface area contributed by atoms with Crippen molar-refractivity contribution in [1.82, 2.24) is 15.6 Å². The molecule has 1 aromatic rings. The van der Waals surface area contributed by atoms with Crippen molar-refractivity contribution < 1.29 is 28.6 Å². The number of cyclic esters (lactones) is 2. The molecule has 0 saturated carbocycles. The van der Waals surface area contributed by atoms with Gasteiger partial charge in [0.1, 0.15) is 23.9 Å². The van der Waals surface area contributed by atoms with E-state index in [1.165, 1.54) is 17.4 Å². The molecule has 0 aliphatic carbocycles. The lowest BCUT2D eigenvalue weighted by Gasteiger charge is -2.24. The van der Waals surface area contributed by atoms with Gasteiger partial charge in [0.05, 0.1) is 10.7 Å². The molecule has 0 saturated heterocycles. The van der Waals surface area contributed by atoms with Gasteiger partial charge in [0.25, 0.3) is 0 Å². The van der Waals surface area contributed by atoms with Gasteiger partial charge in [-0.2, -0.15) is 0 Å². The Morgan fingerprint density at radius 2 is 1.89 bits per heavy atom. The topological polar surface area (TPSA) is 116 Å². The molecule has 2 heterocycles. The Kier molecular flexibility index (Phi) is 15.3. The van der Waals surface area contributed by atoms with Crippen molar-refractivity contribution in [3.8, 4) is 0 Å². The van der Waals surface area contributed by atoms with Crippen molar-refractivity contribution in [3.63, 3.8) is 0 Å². The highest BCUT2D eigenvalue weighted by Gasteiger charge is 2.27. The third-order valence-electron chi connectivity index (χ3n) is 6.37. The SMILES string of the molecule is CNC/C=C(C)/C=C/C(C)=C/[C@@H]1Cc2nc(cs2)CCC[C@H](NC(=O)OC(C)(C)C)C(=O)O[C@@H](C)C/C(C)=C/C=C\C(=O)O1. The van der Waals surface area contributed by atoms with Gasteiger partial charge in [-0.1, -0.05) is 47.1 Å². The molecule has 1 aromatic heterocycles. The predicted molar refractivity (Wildman–Crippen MR) is 175 cm³/mol. The maximum absolute atomic E-state index is 13.1. The Bertz CT molecular complexity index is 1270. The van der Waals surface area contributed by atoms with Crippen LogP contribution in [0.1, 0.15) is 78.4 Å². The van der Waals surface area contributed by atoms with Gasteiger partial charge in [-0.25, -0.2) is 19.4 Å². The maximum Gasteiger partial charge on any atom is 0.408 e. The molecule has 44 heavy (non-hydrogen) atoms. The molecule has 0 spiro atoms. The number of thiazole rings is 1. The molecule has 10 heteroatoms. The van der Waals surface area contributed by atoms with Crippen LogP contribution in [0.25, 0.3) is 0 Å². The number of aryl methyl sites for hydroxylation is 1.